The highest BCUT2D eigenvalue weighted by Crippen LogP contribution is 2.24. The highest BCUT2D eigenvalue weighted by atomic mass is 32.2. The van der Waals surface area contributed by atoms with E-state index in [-0.39, 0.29) is 15.9 Å². The van der Waals surface area contributed by atoms with E-state index in [2.05, 4.69) is 14.7 Å². The van der Waals surface area contributed by atoms with Gasteiger partial charge in [0.1, 0.15) is 11.6 Å². The van der Waals surface area contributed by atoms with Crippen molar-refractivity contribution in [2.24, 2.45) is 0 Å². The number of carbonyl (C=O) groups is 1. The first-order valence-corrected chi connectivity index (χ1v) is 11.5. The molecule has 0 radical (unpaired) electrons. The van der Waals surface area contributed by atoms with Gasteiger partial charge in [-0.2, -0.15) is 14.6 Å². The van der Waals surface area contributed by atoms with Crippen molar-refractivity contribution in [3.05, 3.63) is 58.4 Å². The van der Waals surface area contributed by atoms with E-state index in [1.54, 1.807) is 0 Å². The highest BCUT2D eigenvalue weighted by molar-refractivity contribution is 7.90. The molecule has 0 atom stereocenters. The Morgan fingerprint density at radius 2 is 1.90 bits per heavy atom. The Morgan fingerprint density at radius 1 is 1.23 bits per heavy atom. The molecule has 0 spiro atoms. The number of hydrogen-bond donors (Lipinski definition) is 1. The quantitative estimate of drug-likeness (QED) is 0.480. The number of sulfone groups is 1. The van der Waals surface area contributed by atoms with Crippen LogP contribution >= 0.6 is 11.5 Å². The van der Waals surface area contributed by atoms with Crippen LogP contribution in [-0.2, 0) is 14.6 Å². The first kappa shape index (κ1) is 21.4. The molecule has 0 aliphatic heterocycles. The number of hydrogen-bond acceptors (Lipinski definition) is 7. The number of carbonyl (C=O) groups excluding carboxylic acids is 1. The maximum Gasteiger partial charge on any atom is 0.268 e. The topological polar surface area (TPSA) is 118 Å². The molecule has 0 aliphatic carbocycles. The summed E-state index contributed by atoms with van der Waals surface area (Å²) in [5, 5.41) is 11.5. The molecule has 0 aliphatic rings. The minimum Gasteiger partial charge on any atom is -0.318 e. The number of rotatable bonds is 5. The average Bonchev–Trinajstić information content (AvgIpc) is 3.25. The van der Waals surface area contributed by atoms with Crippen molar-refractivity contribution in [2.45, 2.75) is 25.9 Å². The van der Waals surface area contributed by atoms with E-state index in [9.17, 15) is 18.5 Å². The van der Waals surface area contributed by atoms with Crippen LogP contribution in [0.1, 0.15) is 22.5 Å². The summed E-state index contributed by atoms with van der Waals surface area (Å²) in [6, 6.07) is 11.8. The molecular formula is C20H19N5O3S2. The molecule has 154 valence electrons. The largest absolute Gasteiger partial charge is 0.318 e. The first-order valence-electron chi connectivity index (χ1n) is 8.83. The van der Waals surface area contributed by atoms with Crippen LogP contribution in [0.5, 0.6) is 0 Å². The molecule has 3 aromatic rings. The van der Waals surface area contributed by atoms with Gasteiger partial charge in [0, 0.05) is 34.9 Å². The maximum absolute atomic E-state index is 12.5. The lowest BCUT2D eigenvalue weighted by Crippen LogP contribution is -2.13. The SMILES string of the molecule is Cc1ccc(-n2c(C)cc(/C=C(/C#N)C(=O)Nc3nc(S(C)(=O)=O)ns3)c2C)cc1. The lowest BCUT2D eigenvalue weighted by molar-refractivity contribution is -0.112. The monoisotopic (exact) mass is 441 g/mol. The second kappa shape index (κ2) is 8.22. The van der Waals surface area contributed by atoms with E-state index in [0.717, 1.165) is 46.0 Å². The number of benzene rings is 1. The standard InChI is InChI=1S/C20H19N5O3S2/c1-12-5-7-17(8-6-12)25-13(2)9-15(14(25)3)10-16(11-21)18(26)22-19-23-20(24-29-19)30(4,27)28/h5-10H,1-4H3,(H,22,23,24,26)/b16-10-. The summed E-state index contributed by atoms with van der Waals surface area (Å²) in [5.41, 5.74) is 4.58. The molecule has 0 saturated carbocycles. The molecule has 2 aromatic heterocycles. The van der Waals surface area contributed by atoms with E-state index in [1.807, 2.05) is 61.7 Å². The third kappa shape index (κ3) is 4.48. The molecule has 0 saturated heterocycles. The van der Waals surface area contributed by atoms with Gasteiger partial charge in [0.05, 0.1) is 0 Å². The zero-order valence-electron chi connectivity index (χ0n) is 16.8. The Labute approximate surface area is 178 Å². The summed E-state index contributed by atoms with van der Waals surface area (Å²) in [4.78, 5) is 16.3. The van der Waals surface area contributed by atoms with Crippen LogP contribution in [0.15, 0.2) is 41.1 Å². The summed E-state index contributed by atoms with van der Waals surface area (Å²) in [6.45, 7) is 5.88. The molecular weight excluding hydrogens is 422 g/mol. The molecule has 3 rings (SSSR count). The molecule has 1 amide bonds. The fraction of sp³-hybridized carbons (Fsp3) is 0.200. The van der Waals surface area contributed by atoms with Gasteiger partial charge in [0.2, 0.25) is 15.0 Å². The van der Waals surface area contributed by atoms with Crippen LogP contribution in [-0.4, -0.2) is 34.5 Å². The molecule has 1 N–H and O–H groups in total. The van der Waals surface area contributed by atoms with Gasteiger partial charge in [0.15, 0.2) is 0 Å². The number of nitrogens with zero attached hydrogens (tertiary/aromatic N) is 4. The fourth-order valence-corrected chi connectivity index (χ4v) is 4.34. The van der Waals surface area contributed by atoms with Gasteiger partial charge in [-0.3, -0.25) is 10.1 Å². The van der Waals surface area contributed by atoms with Crippen LogP contribution < -0.4 is 5.32 Å². The minimum atomic E-state index is -3.57. The number of nitrogens with one attached hydrogen (secondary N) is 1. The molecule has 2 heterocycles. The van der Waals surface area contributed by atoms with Crippen LogP contribution in [0.2, 0.25) is 0 Å². The normalized spacial score (nSPS) is 11.9. The Morgan fingerprint density at radius 3 is 2.47 bits per heavy atom. The van der Waals surface area contributed by atoms with E-state index in [4.69, 9.17) is 0 Å². The van der Waals surface area contributed by atoms with Gasteiger partial charge in [-0.25, -0.2) is 8.42 Å². The third-order valence-corrected chi connectivity index (χ3v) is 5.98. The van der Waals surface area contributed by atoms with Gasteiger partial charge in [0.25, 0.3) is 11.1 Å². The second-order valence-corrected chi connectivity index (χ2v) is 9.44. The minimum absolute atomic E-state index is 0.00621. The molecule has 8 nitrogen and oxygen atoms in total. The van der Waals surface area contributed by atoms with Crippen LogP contribution in [0.25, 0.3) is 11.8 Å². The van der Waals surface area contributed by atoms with Crippen LogP contribution in [0.4, 0.5) is 5.13 Å². The fourth-order valence-electron chi connectivity index (χ4n) is 2.90. The van der Waals surface area contributed by atoms with E-state index in [1.165, 1.54) is 6.08 Å². The molecule has 10 heteroatoms. The highest BCUT2D eigenvalue weighted by Gasteiger charge is 2.18. The number of nitriles is 1. The zero-order chi connectivity index (χ0) is 22.1. The lowest BCUT2D eigenvalue weighted by atomic mass is 10.1. The number of aromatic nitrogens is 3. The second-order valence-electron chi connectivity index (χ2n) is 6.78. The van der Waals surface area contributed by atoms with E-state index < -0.39 is 15.7 Å². The average molecular weight is 442 g/mol. The summed E-state index contributed by atoms with van der Waals surface area (Å²) in [5.74, 6) is -0.686. The van der Waals surface area contributed by atoms with Gasteiger partial charge < -0.3 is 4.57 Å². The van der Waals surface area contributed by atoms with E-state index >= 15 is 0 Å². The summed E-state index contributed by atoms with van der Waals surface area (Å²) in [6.07, 6.45) is 2.48. The van der Waals surface area contributed by atoms with Gasteiger partial charge >= 0.3 is 0 Å². The summed E-state index contributed by atoms with van der Waals surface area (Å²) < 4.78 is 28.7. The smallest absolute Gasteiger partial charge is 0.268 e. The van der Waals surface area contributed by atoms with Gasteiger partial charge in [-0.05, 0) is 50.6 Å². The first-order chi connectivity index (χ1) is 14.1. The van der Waals surface area contributed by atoms with Crippen LogP contribution in [0.3, 0.4) is 0 Å². The van der Waals surface area contributed by atoms with Crippen molar-refractivity contribution in [3.63, 3.8) is 0 Å². The lowest BCUT2D eigenvalue weighted by Gasteiger charge is -2.10. The molecule has 30 heavy (non-hydrogen) atoms. The molecule has 0 fully saturated rings. The number of amides is 1. The van der Waals surface area contributed by atoms with Crippen molar-refractivity contribution < 1.29 is 13.2 Å². The molecule has 0 unspecified atom stereocenters. The van der Waals surface area contributed by atoms with Crippen molar-refractivity contribution in [2.75, 3.05) is 11.6 Å². The van der Waals surface area contributed by atoms with Gasteiger partial charge in [-0.15, -0.1) is 0 Å². The summed E-state index contributed by atoms with van der Waals surface area (Å²) >= 11 is 0.734. The van der Waals surface area contributed by atoms with Crippen molar-refractivity contribution in [1.29, 1.82) is 5.26 Å². The number of aryl methyl sites for hydroxylation is 2. The maximum atomic E-state index is 12.5. The third-order valence-electron chi connectivity index (χ3n) is 4.39. The van der Waals surface area contributed by atoms with Crippen molar-refractivity contribution in [1.82, 2.24) is 13.9 Å². The zero-order valence-corrected chi connectivity index (χ0v) is 18.4. The number of anilines is 1. The molecule has 1 aromatic carbocycles. The van der Waals surface area contributed by atoms with Crippen LogP contribution in [0, 0.1) is 32.1 Å². The Balaban J connectivity index is 1.90. The van der Waals surface area contributed by atoms with E-state index in [0.29, 0.717) is 0 Å². The summed E-state index contributed by atoms with van der Waals surface area (Å²) in [7, 11) is -3.57. The molecule has 0 bridgehead atoms. The van der Waals surface area contributed by atoms with Crippen molar-refractivity contribution in [3.8, 4) is 11.8 Å². The Kier molecular flexibility index (Phi) is 5.87. The Hall–Kier alpha value is -3.29. The van der Waals surface area contributed by atoms with Gasteiger partial charge in [-0.1, -0.05) is 17.7 Å². The predicted molar refractivity (Wildman–Crippen MR) is 115 cm³/mol. The predicted octanol–water partition coefficient (Wildman–Crippen LogP) is 3.20. The Bertz CT molecular complexity index is 1290. The van der Waals surface area contributed by atoms with Crippen molar-refractivity contribution >= 4 is 38.5 Å².